The highest BCUT2D eigenvalue weighted by atomic mass is 16.5. The highest BCUT2D eigenvalue weighted by molar-refractivity contribution is 6.34. The maximum atomic E-state index is 5.72. The number of rotatable bonds is 0. The Kier molecular flexibility index (Phi) is 3.13. The summed E-state index contributed by atoms with van der Waals surface area (Å²) in [6.45, 7) is 12.2. The zero-order valence-corrected chi connectivity index (χ0v) is 16.6. The third-order valence-corrected chi connectivity index (χ3v) is 7.02. The molecule has 0 fully saturated rings. The van der Waals surface area contributed by atoms with E-state index >= 15 is 0 Å². The number of aryl methyl sites for hydroxylation is 2. The van der Waals surface area contributed by atoms with Gasteiger partial charge < -0.3 is 9.64 Å². The monoisotopic (exact) mass is 366 g/mol. The van der Waals surface area contributed by atoms with Gasteiger partial charge in [-0.3, -0.25) is 0 Å². The standard InChI is InChI=1S/C24H23BN2O/c1-12-7-15-8-22-24-18(10-27(22)14(3)19(15)11-28-12)17-6-4-5-16-13(2)20(25)9-21(26-24)23(16)17/h8-9H,1,3-7,10-11,25H2,2H3. The molecule has 138 valence electrons. The van der Waals surface area contributed by atoms with Crippen LogP contribution in [-0.4, -0.2) is 24.3 Å². The van der Waals surface area contributed by atoms with Gasteiger partial charge in [-0.1, -0.05) is 24.2 Å². The van der Waals surface area contributed by atoms with Crippen LogP contribution in [0.5, 0.6) is 0 Å². The highest BCUT2D eigenvalue weighted by Gasteiger charge is 2.36. The van der Waals surface area contributed by atoms with Crippen molar-refractivity contribution in [3.05, 3.63) is 75.9 Å². The average molecular weight is 366 g/mol. The lowest BCUT2D eigenvalue weighted by Gasteiger charge is -2.33. The van der Waals surface area contributed by atoms with Gasteiger partial charge in [0.1, 0.15) is 14.5 Å². The Labute approximate surface area is 166 Å². The first-order valence-corrected chi connectivity index (χ1v) is 10.2. The van der Waals surface area contributed by atoms with E-state index in [1.54, 1.807) is 0 Å². The summed E-state index contributed by atoms with van der Waals surface area (Å²) in [5.74, 6) is 0.840. The number of allylic oxidation sites excluding steroid dienone is 2. The van der Waals surface area contributed by atoms with E-state index in [-0.39, 0.29) is 0 Å². The van der Waals surface area contributed by atoms with Crippen LogP contribution in [0.2, 0.25) is 0 Å². The molecule has 4 heteroatoms. The zero-order valence-electron chi connectivity index (χ0n) is 16.6. The van der Waals surface area contributed by atoms with E-state index in [2.05, 4.69) is 45.0 Å². The molecule has 4 aliphatic rings. The van der Waals surface area contributed by atoms with E-state index in [1.165, 1.54) is 62.8 Å². The van der Waals surface area contributed by atoms with Crippen molar-refractivity contribution in [2.24, 2.45) is 0 Å². The van der Waals surface area contributed by atoms with Gasteiger partial charge in [-0.25, -0.2) is 4.98 Å². The second-order valence-electron chi connectivity index (χ2n) is 8.53. The van der Waals surface area contributed by atoms with Crippen LogP contribution in [0.25, 0.3) is 16.6 Å². The topological polar surface area (TPSA) is 25.4 Å². The molecule has 0 amide bonds. The summed E-state index contributed by atoms with van der Waals surface area (Å²) >= 11 is 0. The quantitative estimate of drug-likeness (QED) is 0.670. The predicted molar refractivity (Wildman–Crippen MR) is 116 cm³/mol. The molecule has 2 aromatic rings. The average Bonchev–Trinajstić information content (AvgIpc) is 3.05. The molecule has 0 spiro atoms. The van der Waals surface area contributed by atoms with Crippen molar-refractivity contribution >= 4 is 29.9 Å². The molecule has 3 nitrogen and oxygen atoms in total. The molecule has 0 N–H and O–H groups in total. The highest BCUT2D eigenvalue weighted by Crippen LogP contribution is 2.47. The summed E-state index contributed by atoms with van der Waals surface area (Å²) < 4.78 is 5.72. The van der Waals surface area contributed by atoms with E-state index < -0.39 is 0 Å². The number of nitrogens with zero attached hydrogens (tertiary/aromatic N) is 2. The van der Waals surface area contributed by atoms with Gasteiger partial charge in [-0.15, -0.1) is 0 Å². The Morgan fingerprint density at radius 2 is 2.00 bits per heavy atom. The SMILES string of the molecule is Bc1cc2nc3c(c4c2c(c1C)CCC4)CN1C(=C)C2=C(C=C31)CC(=C)OC2. The van der Waals surface area contributed by atoms with Crippen molar-refractivity contribution in [3.63, 3.8) is 0 Å². The minimum Gasteiger partial charge on any atom is -0.493 e. The number of fused-ring (bicyclic) bond motifs is 4. The Bertz CT molecular complexity index is 1200. The fourth-order valence-electron chi connectivity index (χ4n) is 5.41. The normalized spacial score (nSPS) is 20.0. The summed E-state index contributed by atoms with van der Waals surface area (Å²) in [5, 5.41) is 1.42. The predicted octanol–water partition coefficient (Wildman–Crippen LogP) is 3.20. The van der Waals surface area contributed by atoms with Gasteiger partial charge in [-0.2, -0.15) is 0 Å². The summed E-state index contributed by atoms with van der Waals surface area (Å²) in [7, 11) is 2.22. The number of benzene rings is 1. The largest absolute Gasteiger partial charge is 0.493 e. The Hall–Kier alpha value is -2.75. The zero-order chi connectivity index (χ0) is 19.2. The Morgan fingerprint density at radius 3 is 2.86 bits per heavy atom. The van der Waals surface area contributed by atoms with Crippen molar-refractivity contribution < 1.29 is 4.74 Å². The fourth-order valence-corrected chi connectivity index (χ4v) is 5.41. The van der Waals surface area contributed by atoms with Crippen molar-refractivity contribution in [2.45, 2.75) is 39.2 Å². The van der Waals surface area contributed by atoms with Crippen molar-refractivity contribution in [3.8, 4) is 0 Å². The molecule has 0 saturated carbocycles. The first-order chi connectivity index (χ1) is 13.5. The Balaban J connectivity index is 1.62. The minimum atomic E-state index is 0.578. The van der Waals surface area contributed by atoms with Crippen LogP contribution in [0.4, 0.5) is 0 Å². The minimum absolute atomic E-state index is 0.578. The molecule has 1 aromatic heterocycles. The fraction of sp³-hybridized carbons (Fsp3) is 0.292. The number of hydrogen-bond donors (Lipinski definition) is 0. The van der Waals surface area contributed by atoms with E-state index in [9.17, 15) is 0 Å². The summed E-state index contributed by atoms with van der Waals surface area (Å²) in [4.78, 5) is 7.55. The third-order valence-electron chi connectivity index (χ3n) is 7.02. The number of hydrogen-bond acceptors (Lipinski definition) is 3. The number of pyridine rings is 1. The van der Waals surface area contributed by atoms with Crippen molar-refractivity contribution in [2.75, 3.05) is 6.61 Å². The molecule has 0 radical (unpaired) electrons. The van der Waals surface area contributed by atoms with Crippen LogP contribution >= 0.6 is 0 Å². The van der Waals surface area contributed by atoms with E-state index in [0.717, 1.165) is 42.1 Å². The van der Waals surface area contributed by atoms with Gasteiger partial charge in [0.25, 0.3) is 0 Å². The van der Waals surface area contributed by atoms with E-state index in [4.69, 9.17) is 9.72 Å². The number of aromatic nitrogens is 1. The molecule has 4 heterocycles. The van der Waals surface area contributed by atoms with Crippen LogP contribution in [-0.2, 0) is 24.1 Å². The maximum absolute atomic E-state index is 5.72. The maximum Gasteiger partial charge on any atom is 0.139 e. The molecule has 0 bridgehead atoms. The van der Waals surface area contributed by atoms with Gasteiger partial charge in [0.05, 0.1) is 29.2 Å². The lowest BCUT2D eigenvalue weighted by atomic mass is 9.79. The van der Waals surface area contributed by atoms with Crippen LogP contribution in [0.1, 0.15) is 40.8 Å². The van der Waals surface area contributed by atoms with Gasteiger partial charge in [0.15, 0.2) is 0 Å². The molecule has 1 aromatic carbocycles. The van der Waals surface area contributed by atoms with Crippen LogP contribution in [0, 0.1) is 6.92 Å². The molecule has 0 atom stereocenters. The van der Waals surface area contributed by atoms with Crippen LogP contribution < -0.4 is 5.46 Å². The summed E-state index contributed by atoms with van der Waals surface area (Å²) in [6.07, 6.45) is 6.62. The molecular formula is C24H23BN2O. The third kappa shape index (κ3) is 1.98. The summed E-state index contributed by atoms with van der Waals surface area (Å²) in [6, 6.07) is 2.28. The lowest BCUT2D eigenvalue weighted by molar-refractivity contribution is 0.220. The summed E-state index contributed by atoms with van der Waals surface area (Å²) in [5.41, 5.74) is 14.3. The lowest BCUT2D eigenvalue weighted by Crippen LogP contribution is -2.24. The van der Waals surface area contributed by atoms with Crippen molar-refractivity contribution in [1.82, 2.24) is 9.88 Å². The molecular weight excluding hydrogens is 343 g/mol. The molecule has 3 aliphatic heterocycles. The van der Waals surface area contributed by atoms with Crippen LogP contribution in [0.15, 0.2) is 47.9 Å². The second kappa shape index (κ2) is 5.41. The number of ether oxygens (including phenoxy) is 1. The smallest absolute Gasteiger partial charge is 0.139 e. The Morgan fingerprint density at radius 1 is 1.18 bits per heavy atom. The second-order valence-corrected chi connectivity index (χ2v) is 8.53. The van der Waals surface area contributed by atoms with Gasteiger partial charge in [-0.05, 0) is 55.0 Å². The molecule has 0 saturated heterocycles. The van der Waals surface area contributed by atoms with Crippen molar-refractivity contribution in [1.29, 1.82) is 0 Å². The first kappa shape index (κ1) is 16.2. The molecule has 6 rings (SSSR count). The molecule has 1 aliphatic carbocycles. The van der Waals surface area contributed by atoms with Gasteiger partial charge in [0.2, 0.25) is 0 Å². The van der Waals surface area contributed by atoms with Gasteiger partial charge in [0, 0.05) is 28.6 Å². The molecule has 28 heavy (non-hydrogen) atoms. The van der Waals surface area contributed by atoms with E-state index in [0.29, 0.717) is 6.61 Å². The molecule has 0 unspecified atom stereocenters. The van der Waals surface area contributed by atoms with Crippen LogP contribution in [0.3, 0.4) is 0 Å². The van der Waals surface area contributed by atoms with E-state index in [1.807, 2.05) is 0 Å². The van der Waals surface area contributed by atoms with Gasteiger partial charge >= 0.3 is 0 Å². The first-order valence-electron chi connectivity index (χ1n) is 10.2.